The van der Waals surface area contributed by atoms with E-state index in [0.717, 1.165) is 0 Å². The second kappa shape index (κ2) is 7.67. The zero-order chi connectivity index (χ0) is 19.5. The van der Waals surface area contributed by atoms with E-state index in [4.69, 9.17) is 4.42 Å². The molecule has 1 aliphatic heterocycles. The Morgan fingerprint density at radius 1 is 1.00 bits per heavy atom. The van der Waals surface area contributed by atoms with Crippen molar-refractivity contribution in [1.82, 2.24) is 19.4 Å². The zero-order valence-electron chi connectivity index (χ0n) is 15.3. The molecule has 3 heterocycles. The van der Waals surface area contributed by atoms with Crippen molar-refractivity contribution < 1.29 is 14.0 Å². The summed E-state index contributed by atoms with van der Waals surface area (Å²) in [4.78, 5) is 45.0. The molecular formula is C20H20N4O4. The predicted molar refractivity (Wildman–Crippen MR) is 102 cm³/mol. The SMILES string of the molecule is O=C(CCn1cnc2ccccc2c1=O)N1CCN(C(=O)c2ccco2)CC1. The van der Waals surface area contributed by atoms with E-state index in [1.54, 1.807) is 40.1 Å². The van der Waals surface area contributed by atoms with Crippen LogP contribution in [0.1, 0.15) is 17.0 Å². The van der Waals surface area contributed by atoms with Crippen molar-refractivity contribution in [2.45, 2.75) is 13.0 Å². The maximum atomic E-state index is 12.5. The molecule has 2 amide bonds. The Bertz CT molecular complexity index is 1050. The summed E-state index contributed by atoms with van der Waals surface area (Å²) in [6.45, 7) is 2.14. The first-order chi connectivity index (χ1) is 13.6. The maximum absolute atomic E-state index is 12.5. The van der Waals surface area contributed by atoms with Gasteiger partial charge in [-0.15, -0.1) is 0 Å². The van der Waals surface area contributed by atoms with Gasteiger partial charge < -0.3 is 14.2 Å². The molecule has 144 valence electrons. The summed E-state index contributed by atoms with van der Waals surface area (Å²) < 4.78 is 6.61. The van der Waals surface area contributed by atoms with Crippen LogP contribution < -0.4 is 5.56 Å². The van der Waals surface area contributed by atoms with Crippen LogP contribution in [-0.4, -0.2) is 57.3 Å². The first-order valence-corrected chi connectivity index (χ1v) is 9.18. The lowest BCUT2D eigenvalue weighted by molar-refractivity contribution is -0.132. The van der Waals surface area contributed by atoms with Crippen LogP contribution in [-0.2, 0) is 11.3 Å². The molecule has 1 saturated heterocycles. The van der Waals surface area contributed by atoms with E-state index in [1.165, 1.54) is 17.2 Å². The van der Waals surface area contributed by atoms with Gasteiger partial charge in [-0.05, 0) is 24.3 Å². The van der Waals surface area contributed by atoms with Crippen molar-refractivity contribution in [1.29, 1.82) is 0 Å². The second-order valence-electron chi connectivity index (χ2n) is 6.66. The second-order valence-corrected chi connectivity index (χ2v) is 6.66. The summed E-state index contributed by atoms with van der Waals surface area (Å²) in [6, 6.07) is 10.5. The van der Waals surface area contributed by atoms with Crippen molar-refractivity contribution >= 4 is 22.7 Å². The number of furan rings is 1. The van der Waals surface area contributed by atoms with Crippen LogP contribution in [0.4, 0.5) is 0 Å². The minimum Gasteiger partial charge on any atom is -0.459 e. The van der Waals surface area contributed by atoms with E-state index in [2.05, 4.69) is 4.98 Å². The van der Waals surface area contributed by atoms with Crippen molar-refractivity contribution in [3.63, 3.8) is 0 Å². The summed E-state index contributed by atoms with van der Waals surface area (Å²) in [5, 5.41) is 0.544. The van der Waals surface area contributed by atoms with Gasteiger partial charge in [0.2, 0.25) is 5.91 Å². The van der Waals surface area contributed by atoms with Crippen LogP contribution in [0.25, 0.3) is 10.9 Å². The first-order valence-electron chi connectivity index (χ1n) is 9.18. The standard InChI is InChI=1S/C20H20N4O4/c25-18(7-8-24-14-21-16-5-2-1-4-15(16)19(24)26)22-9-11-23(12-10-22)20(27)17-6-3-13-28-17/h1-6,13-14H,7-12H2. The highest BCUT2D eigenvalue weighted by Gasteiger charge is 2.25. The van der Waals surface area contributed by atoms with Gasteiger partial charge in [-0.2, -0.15) is 0 Å². The third kappa shape index (κ3) is 3.53. The summed E-state index contributed by atoms with van der Waals surface area (Å²) in [5.74, 6) is 0.110. The summed E-state index contributed by atoms with van der Waals surface area (Å²) >= 11 is 0. The lowest BCUT2D eigenvalue weighted by Crippen LogP contribution is -2.50. The van der Waals surface area contributed by atoms with Crippen molar-refractivity contribution in [2.24, 2.45) is 0 Å². The Labute approximate surface area is 161 Å². The van der Waals surface area contributed by atoms with Crippen molar-refractivity contribution in [2.75, 3.05) is 26.2 Å². The van der Waals surface area contributed by atoms with Gasteiger partial charge in [0, 0.05) is 39.1 Å². The van der Waals surface area contributed by atoms with Crippen LogP contribution in [0.5, 0.6) is 0 Å². The average molecular weight is 380 g/mol. The van der Waals surface area contributed by atoms with E-state index in [1.807, 2.05) is 6.07 Å². The van der Waals surface area contributed by atoms with E-state index in [-0.39, 0.29) is 30.3 Å². The molecule has 8 heteroatoms. The van der Waals surface area contributed by atoms with Crippen LogP contribution in [0.15, 0.2) is 58.2 Å². The largest absolute Gasteiger partial charge is 0.459 e. The lowest BCUT2D eigenvalue weighted by Gasteiger charge is -2.34. The topological polar surface area (TPSA) is 88.7 Å². The van der Waals surface area contributed by atoms with Crippen LogP contribution in [0.2, 0.25) is 0 Å². The molecule has 2 aromatic heterocycles. The predicted octanol–water partition coefficient (Wildman–Crippen LogP) is 1.36. The fourth-order valence-corrected chi connectivity index (χ4v) is 3.35. The Balaban J connectivity index is 1.33. The molecule has 1 fully saturated rings. The monoisotopic (exact) mass is 380 g/mol. The van der Waals surface area contributed by atoms with E-state index < -0.39 is 0 Å². The molecule has 3 aromatic rings. The van der Waals surface area contributed by atoms with Gasteiger partial charge in [-0.25, -0.2) is 4.98 Å². The molecule has 0 radical (unpaired) electrons. The number of rotatable bonds is 4. The fourth-order valence-electron chi connectivity index (χ4n) is 3.35. The van der Waals surface area contributed by atoms with Gasteiger partial charge in [-0.3, -0.25) is 19.0 Å². The molecule has 0 saturated carbocycles. The van der Waals surface area contributed by atoms with Gasteiger partial charge in [0.15, 0.2) is 5.76 Å². The summed E-state index contributed by atoms with van der Waals surface area (Å²) in [6.07, 6.45) is 3.17. The van der Waals surface area contributed by atoms with Gasteiger partial charge in [0.05, 0.1) is 23.5 Å². The number of amides is 2. The number of carbonyl (C=O) groups is 2. The lowest BCUT2D eigenvalue weighted by atomic mass is 10.2. The first kappa shape index (κ1) is 18.0. The van der Waals surface area contributed by atoms with Crippen LogP contribution in [0.3, 0.4) is 0 Å². The van der Waals surface area contributed by atoms with Gasteiger partial charge in [-0.1, -0.05) is 12.1 Å². The highest BCUT2D eigenvalue weighted by Crippen LogP contribution is 2.11. The third-order valence-corrected chi connectivity index (χ3v) is 4.95. The zero-order valence-corrected chi connectivity index (χ0v) is 15.3. The van der Waals surface area contributed by atoms with Crippen LogP contribution >= 0.6 is 0 Å². The normalized spacial score (nSPS) is 14.4. The number of para-hydroxylation sites is 1. The minimum atomic E-state index is -0.161. The van der Waals surface area contributed by atoms with Gasteiger partial charge >= 0.3 is 0 Å². The van der Waals surface area contributed by atoms with E-state index in [9.17, 15) is 14.4 Å². The number of fused-ring (bicyclic) bond motifs is 1. The Kier molecular flexibility index (Phi) is 4.92. The Morgan fingerprint density at radius 3 is 2.50 bits per heavy atom. The number of hydrogen-bond donors (Lipinski definition) is 0. The number of aryl methyl sites for hydroxylation is 1. The smallest absolute Gasteiger partial charge is 0.289 e. The molecule has 0 spiro atoms. The fraction of sp³-hybridized carbons (Fsp3) is 0.300. The third-order valence-electron chi connectivity index (χ3n) is 4.95. The highest BCUT2D eigenvalue weighted by atomic mass is 16.3. The van der Waals surface area contributed by atoms with Crippen LogP contribution in [0, 0.1) is 0 Å². The van der Waals surface area contributed by atoms with Crippen molar-refractivity contribution in [3.05, 3.63) is 65.1 Å². The molecule has 0 unspecified atom stereocenters. The number of aromatic nitrogens is 2. The maximum Gasteiger partial charge on any atom is 0.289 e. The number of piperazine rings is 1. The van der Waals surface area contributed by atoms with Gasteiger partial charge in [0.25, 0.3) is 11.5 Å². The molecule has 1 aromatic carbocycles. The average Bonchev–Trinajstić information content (AvgIpc) is 3.28. The number of benzene rings is 1. The molecule has 0 N–H and O–H groups in total. The molecule has 4 rings (SSSR count). The van der Waals surface area contributed by atoms with E-state index in [0.29, 0.717) is 42.8 Å². The molecular weight excluding hydrogens is 360 g/mol. The molecule has 28 heavy (non-hydrogen) atoms. The number of nitrogens with zero attached hydrogens (tertiary/aromatic N) is 4. The molecule has 0 bridgehead atoms. The molecule has 0 atom stereocenters. The quantitative estimate of drug-likeness (QED) is 0.682. The summed E-state index contributed by atoms with van der Waals surface area (Å²) in [7, 11) is 0. The molecule has 8 nitrogen and oxygen atoms in total. The van der Waals surface area contributed by atoms with Gasteiger partial charge in [0.1, 0.15) is 0 Å². The number of carbonyl (C=O) groups excluding carboxylic acids is 2. The van der Waals surface area contributed by atoms with Crippen molar-refractivity contribution in [3.8, 4) is 0 Å². The number of hydrogen-bond acceptors (Lipinski definition) is 5. The Hall–Kier alpha value is -3.42. The van der Waals surface area contributed by atoms with E-state index >= 15 is 0 Å². The highest BCUT2D eigenvalue weighted by molar-refractivity contribution is 5.91. The Morgan fingerprint density at radius 2 is 1.75 bits per heavy atom. The molecule has 0 aliphatic carbocycles. The minimum absolute atomic E-state index is 0.0369. The molecule has 1 aliphatic rings. The summed E-state index contributed by atoms with van der Waals surface area (Å²) in [5.41, 5.74) is 0.500.